The Hall–Kier alpha value is -1.16. The molecule has 0 aromatic carbocycles. The van der Waals surface area contributed by atoms with Gasteiger partial charge in [-0.25, -0.2) is 0 Å². The Bertz CT molecular complexity index is 412. The second kappa shape index (κ2) is 3.20. The highest BCUT2D eigenvalue weighted by Crippen LogP contribution is 2.27. The van der Waals surface area contributed by atoms with Crippen LogP contribution in [0.1, 0.15) is 26.7 Å². The predicted molar refractivity (Wildman–Crippen MR) is 56.3 cm³/mol. The van der Waals surface area contributed by atoms with Crippen molar-refractivity contribution in [2.75, 3.05) is 0 Å². The molecule has 2 aromatic heterocycles. The molecular formula is C10H12N2OS. The summed E-state index contributed by atoms with van der Waals surface area (Å²) in [7, 11) is 0. The number of hydrogen-bond donors (Lipinski definition) is 0. The van der Waals surface area contributed by atoms with Crippen molar-refractivity contribution in [2.24, 2.45) is 0 Å². The zero-order valence-electron chi connectivity index (χ0n) is 8.44. The molecule has 0 bridgehead atoms. The molecule has 0 fully saturated rings. The van der Waals surface area contributed by atoms with Gasteiger partial charge in [0.25, 0.3) is 5.89 Å². The molecule has 2 rings (SSSR count). The fourth-order valence-corrected chi connectivity index (χ4v) is 1.67. The van der Waals surface area contributed by atoms with E-state index in [1.54, 1.807) is 11.3 Å². The summed E-state index contributed by atoms with van der Waals surface area (Å²) < 4.78 is 5.58. The SMILES string of the molecule is CC(C)(C)c1nnc(-c2cccs2)o1. The van der Waals surface area contributed by atoms with Gasteiger partial charge in [-0.2, -0.15) is 0 Å². The average Bonchev–Trinajstić information content (AvgIpc) is 2.73. The van der Waals surface area contributed by atoms with E-state index in [9.17, 15) is 0 Å². The quantitative estimate of drug-likeness (QED) is 0.722. The van der Waals surface area contributed by atoms with Crippen molar-refractivity contribution in [3.8, 4) is 10.8 Å². The monoisotopic (exact) mass is 208 g/mol. The van der Waals surface area contributed by atoms with Crippen LogP contribution in [0.4, 0.5) is 0 Å². The second-order valence-corrected chi connectivity index (χ2v) is 5.09. The highest BCUT2D eigenvalue weighted by molar-refractivity contribution is 7.13. The van der Waals surface area contributed by atoms with Gasteiger partial charge in [0.15, 0.2) is 0 Å². The molecule has 2 aromatic rings. The van der Waals surface area contributed by atoms with Crippen molar-refractivity contribution in [2.45, 2.75) is 26.2 Å². The van der Waals surface area contributed by atoms with Gasteiger partial charge in [0.1, 0.15) is 0 Å². The van der Waals surface area contributed by atoms with E-state index in [0.717, 1.165) is 4.88 Å². The molecule has 0 spiro atoms. The zero-order valence-corrected chi connectivity index (χ0v) is 9.26. The molecule has 0 aliphatic rings. The summed E-state index contributed by atoms with van der Waals surface area (Å²) in [6, 6.07) is 3.95. The maximum Gasteiger partial charge on any atom is 0.257 e. The van der Waals surface area contributed by atoms with Gasteiger partial charge < -0.3 is 4.42 Å². The van der Waals surface area contributed by atoms with E-state index >= 15 is 0 Å². The van der Waals surface area contributed by atoms with Gasteiger partial charge in [0.05, 0.1) is 4.88 Å². The van der Waals surface area contributed by atoms with Crippen molar-refractivity contribution in [1.29, 1.82) is 0 Å². The first-order valence-electron chi connectivity index (χ1n) is 4.45. The van der Waals surface area contributed by atoms with E-state index in [1.165, 1.54) is 0 Å². The zero-order chi connectivity index (χ0) is 10.2. The minimum absolute atomic E-state index is 0.0808. The Morgan fingerprint density at radius 3 is 2.57 bits per heavy atom. The van der Waals surface area contributed by atoms with Gasteiger partial charge in [0.2, 0.25) is 5.89 Å². The molecule has 3 nitrogen and oxygen atoms in total. The smallest absolute Gasteiger partial charge is 0.257 e. The number of hydrogen-bond acceptors (Lipinski definition) is 4. The van der Waals surface area contributed by atoms with Gasteiger partial charge >= 0.3 is 0 Å². The summed E-state index contributed by atoms with van der Waals surface area (Å²) in [5, 5.41) is 10.0. The standard InChI is InChI=1S/C10H12N2OS/c1-10(2,3)9-12-11-8(13-9)7-5-4-6-14-7/h4-6H,1-3H3. The summed E-state index contributed by atoms with van der Waals surface area (Å²) in [6.45, 7) is 6.16. The first-order chi connectivity index (χ1) is 6.57. The van der Waals surface area contributed by atoms with E-state index in [-0.39, 0.29) is 5.41 Å². The van der Waals surface area contributed by atoms with Crippen LogP contribution < -0.4 is 0 Å². The summed E-state index contributed by atoms with van der Waals surface area (Å²) in [5.41, 5.74) is -0.0808. The van der Waals surface area contributed by atoms with Crippen LogP contribution in [0.3, 0.4) is 0 Å². The Morgan fingerprint density at radius 2 is 2.07 bits per heavy atom. The Balaban J connectivity index is 2.36. The maximum atomic E-state index is 5.58. The lowest BCUT2D eigenvalue weighted by Crippen LogP contribution is -2.11. The molecule has 0 unspecified atom stereocenters. The molecular weight excluding hydrogens is 196 g/mol. The van der Waals surface area contributed by atoms with Crippen molar-refractivity contribution in [3.63, 3.8) is 0 Å². The number of thiophene rings is 1. The number of rotatable bonds is 1. The first kappa shape index (κ1) is 9.40. The van der Waals surface area contributed by atoms with E-state index in [1.807, 2.05) is 17.5 Å². The molecule has 14 heavy (non-hydrogen) atoms. The molecule has 4 heteroatoms. The van der Waals surface area contributed by atoms with Gasteiger partial charge in [-0.3, -0.25) is 0 Å². The number of aromatic nitrogens is 2. The Kier molecular flexibility index (Phi) is 2.15. The molecule has 0 aliphatic heterocycles. The second-order valence-electron chi connectivity index (χ2n) is 4.14. The van der Waals surface area contributed by atoms with Crippen LogP contribution in [0.5, 0.6) is 0 Å². The van der Waals surface area contributed by atoms with Crippen LogP contribution in [0.2, 0.25) is 0 Å². The molecule has 0 radical (unpaired) electrons. The van der Waals surface area contributed by atoms with Crippen LogP contribution in [-0.2, 0) is 5.41 Å². The van der Waals surface area contributed by atoms with Crippen molar-refractivity contribution < 1.29 is 4.42 Å². The van der Waals surface area contributed by atoms with Gasteiger partial charge in [-0.05, 0) is 11.4 Å². The van der Waals surface area contributed by atoms with Gasteiger partial charge in [-0.15, -0.1) is 21.5 Å². The van der Waals surface area contributed by atoms with E-state index in [0.29, 0.717) is 11.8 Å². The minimum atomic E-state index is -0.0808. The molecule has 0 amide bonds. The third kappa shape index (κ3) is 1.70. The van der Waals surface area contributed by atoms with Crippen LogP contribution >= 0.6 is 11.3 Å². The molecule has 0 atom stereocenters. The largest absolute Gasteiger partial charge is 0.419 e. The van der Waals surface area contributed by atoms with Gasteiger partial charge in [0, 0.05) is 5.41 Å². The fourth-order valence-electron chi connectivity index (χ4n) is 1.03. The number of nitrogens with zero attached hydrogens (tertiary/aromatic N) is 2. The summed E-state index contributed by atoms with van der Waals surface area (Å²) in [4.78, 5) is 1.02. The van der Waals surface area contributed by atoms with Crippen molar-refractivity contribution in [1.82, 2.24) is 10.2 Å². The van der Waals surface area contributed by atoms with Crippen LogP contribution in [0.15, 0.2) is 21.9 Å². The lowest BCUT2D eigenvalue weighted by Gasteiger charge is -2.10. The lowest BCUT2D eigenvalue weighted by molar-refractivity contribution is 0.399. The molecule has 74 valence electrons. The molecule has 0 saturated carbocycles. The predicted octanol–water partition coefficient (Wildman–Crippen LogP) is 3.10. The van der Waals surface area contributed by atoms with E-state index in [2.05, 4.69) is 31.0 Å². The van der Waals surface area contributed by atoms with Crippen LogP contribution in [0, 0.1) is 0 Å². The normalized spacial score (nSPS) is 11.9. The minimum Gasteiger partial charge on any atom is -0.419 e. The summed E-state index contributed by atoms with van der Waals surface area (Å²) >= 11 is 1.60. The molecule has 0 N–H and O–H groups in total. The fraction of sp³-hybridized carbons (Fsp3) is 0.400. The molecule has 2 heterocycles. The first-order valence-corrected chi connectivity index (χ1v) is 5.33. The van der Waals surface area contributed by atoms with Crippen molar-refractivity contribution >= 4 is 11.3 Å². The average molecular weight is 208 g/mol. The van der Waals surface area contributed by atoms with E-state index in [4.69, 9.17) is 4.42 Å². The Labute approximate surface area is 86.8 Å². The highest BCUT2D eigenvalue weighted by atomic mass is 32.1. The third-order valence-electron chi connectivity index (χ3n) is 1.80. The Morgan fingerprint density at radius 1 is 1.29 bits per heavy atom. The summed E-state index contributed by atoms with van der Waals surface area (Å²) in [5.74, 6) is 1.30. The lowest BCUT2D eigenvalue weighted by atomic mass is 9.97. The summed E-state index contributed by atoms with van der Waals surface area (Å²) in [6.07, 6.45) is 0. The topological polar surface area (TPSA) is 38.9 Å². The third-order valence-corrected chi connectivity index (χ3v) is 2.66. The highest BCUT2D eigenvalue weighted by Gasteiger charge is 2.21. The maximum absolute atomic E-state index is 5.58. The molecule has 0 aliphatic carbocycles. The van der Waals surface area contributed by atoms with Gasteiger partial charge in [-0.1, -0.05) is 26.8 Å². The van der Waals surface area contributed by atoms with E-state index < -0.39 is 0 Å². The van der Waals surface area contributed by atoms with Crippen LogP contribution in [0.25, 0.3) is 10.8 Å². The van der Waals surface area contributed by atoms with Crippen LogP contribution in [-0.4, -0.2) is 10.2 Å². The molecule has 0 saturated heterocycles. The van der Waals surface area contributed by atoms with Crippen molar-refractivity contribution in [3.05, 3.63) is 23.4 Å².